The Balaban J connectivity index is 1.65. The molecule has 1 amide bonds. The molecule has 0 radical (unpaired) electrons. The molecule has 130 valence electrons. The number of fused-ring (bicyclic) bond motifs is 1. The highest BCUT2D eigenvalue weighted by molar-refractivity contribution is 7.90. The number of nitrogens with zero attached hydrogens (tertiary/aromatic N) is 2. The summed E-state index contributed by atoms with van der Waals surface area (Å²) < 4.78 is 24.0. The Hall–Kier alpha value is -2.67. The molecule has 0 fully saturated rings. The summed E-state index contributed by atoms with van der Waals surface area (Å²) in [6.45, 7) is 0. The Morgan fingerprint density at radius 2 is 1.84 bits per heavy atom. The zero-order valence-corrected chi connectivity index (χ0v) is 14.7. The highest BCUT2D eigenvalue weighted by Gasteiger charge is 2.08. The Kier molecular flexibility index (Phi) is 4.85. The molecule has 3 rings (SSSR count). The van der Waals surface area contributed by atoms with Crippen LogP contribution in [0.1, 0.15) is 12.8 Å². The molecule has 0 spiro atoms. The number of anilines is 1. The predicted molar refractivity (Wildman–Crippen MR) is 98.6 cm³/mol. The van der Waals surface area contributed by atoms with Gasteiger partial charge in [-0.2, -0.15) is 5.10 Å². The van der Waals surface area contributed by atoms with Gasteiger partial charge in [0.05, 0.1) is 23.2 Å². The number of hydrogen-bond acceptors (Lipinski definition) is 4. The maximum absolute atomic E-state index is 11.9. The molecular formula is C18H19N3O3S. The van der Waals surface area contributed by atoms with Crippen molar-refractivity contribution < 1.29 is 13.2 Å². The lowest BCUT2D eigenvalue weighted by atomic mass is 10.2. The first-order valence-electron chi connectivity index (χ1n) is 7.93. The van der Waals surface area contributed by atoms with Crippen LogP contribution < -0.4 is 5.32 Å². The molecule has 1 heterocycles. The first-order chi connectivity index (χ1) is 11.9. The molecule has 25 heavy (non-hydrogen) atoms. The van der Waals surface area contributed by atoms with E-state index in [-0.39, 0.29) is 18.1 Å². The minimum absolute atomic E-state index is 0.0196. The molecule has 0 bridgehead atoms. The number of nitrogens with one attached hydrogen (secondary N) is 1. The number of benzene rings is 2. The maximum atomic E-state index is 11.9. The van der Waals surface area contributed by atoms with E-state index < -0.39 is 9.84 Å². The van der Waals surface area contributed by atoms with E-state index in [1.54, 1.807) is 12.1 Å². The van der Waals surface area contributed by atoms with E-state index in [1.807, 2.05) is 47.3 Å². The molecule has 6 nitrogen and oxygen atoms in total. The summed E-state index contributed by atoms with van der Waals surface area (Å²) in [7, 11) is -3.03. The van der Waals surface area contributed by atoms with Crippen molar-refractivity contribution in [3.8, 4) is 5.69 Å². The van der Waals surface area contributed by atoms with E-state index in [4.69, 9.17) is 0 Å². The first kappa shape index (κ1) is 17.2. The number of carbonyl (C=O) groups is 1. The fourth-order valence-electron chi connectivity index (χ4n) is 2.58. The molecule has 0 aliphatic carbocycles. The van der Waals surface area contributed by atoms with Crippen LogP contribution in [-0.2, 0) is 14.6 Å². The lowest BCUT2D eigenvalue weighted by Crippen LogP contribution is -2.13. The average molecular weight is 357 g/mol. The molecule has 0 unspecified atom stereocenters. The molecule has 0 saturated carbocycles. The van der Waals surface area contributed by atoms with Crippen molar-refractivity contribution in [1.82, 2.24) is 9.78 Å². The second-order valence-corrected chi connectivity index (χ2v) is 8.20. The minimum atomic E-state index is -3.03. The summed E-state index contributed by atoms with van der Waals surface area (Å²) in [6, 6.07) is 15.3. The van der Waals surface area contributed by atoms with Crippen LogP contribution in [0.5, 0.6) is 0 Å². The van der Waals surface area contributed by atoms with Crippen LogP contribution in [0.25, 0.3) is 16.6 Å². The van der Waals surface area contributed by atoms with E-state index in [0.717, 1.165) is 16.6 Å². The first-order valence-corrected chi connectivity index (χ1v) is 9.99. The van der Waals surface area contributed by atoms with E-state index in [2.05, 4.69) is 10.4 Å². The summed E-state index contributed by atoms with van der Waals surface area (Å²) >= 11 is 0. The normalized spacial score (nSPS) is 11.6. The minimum Gasteiger partial charge on any atom is -0.326 e. The van der Waals surface area contributed by atoms with Gasteiger partial charge in [0.1, 0.15) is 9.84 Å². The van der Waals surface area contributed by atoms with Crippen molar-refractivity contribution >= 4 is 32.3 Å². The van der Waals surface area contributed by atoms with Crippen molar-refractivity contribution in [2.45, 2.75) is 12.8 Å². The van der Waals surface area contributed by atoms with Gasteiger partial charge in [-0.1, -0.05) is 18.2 Å². The van der Waals surface area contributed by atoms with Gasteiger partial charge < -0.3 is 5.32 Å². The van der Waals surface area contributed by atoms with Crippen LogP contribution in [0, 0.1) is 0 Å². The topological polar surface area (TPSA) is 81.1 Å². The standard InChI is InChI=1S/C18H19N3O3S/c1-25(23,24)12-4-7-18(22)20-15-8-10-16(11-9-15)21-17-6-3-2-5-14(17)13-19-21/h2-3,5-6,8-11,13H,4,7,12H2,1H3,(H,20,22). The smallest absolute Gasteiger partial charge is 0.224 e. The monoisotopic (exact) mass is 357 g/mol. The van der Waals surface area contributed by atoms with Crippen molar-refractivity contribution in [2.24, 2.45) is 0 Å². The Morgan fingerprint density at radius 1 is 1.12 bits per heavy atom. The molecule has 2 aromatic carbocycles. The van der Waals surface area contributed by atoms with Gasteiger partial charge in [0.25, 0.3) is 0 Å². The van der Waals surface area contributed by atoms with Crippen LogP contribution in [0.3, 0.4) is 0 Å². The highest BCUT2D eigenvalue weighted by Crippen LogP contribution is 2.19. The third-order valence-electron chi connectivity index (χ3n) is 3.79. The van der Waals surface area contributed by atoms with Crippen molar-refractivity contribution in [3.05, 3.63) is 54.7 Å². The molecule has 0 aliphatic rings. The third-order valence-corrected chi connectivity index (χ3v) is 4.82. The molecule has 0 aliphatic heterocycles. The zero-order valence-electron chi connectivity index (χ0n) is 13.8. The fourth-order valence-corrected chi connectivity index (χ4v) is 3.25. The Bertz CT molecular complexity index is 992. The number of rotatable bonds is 6. The van der Waals surface area contributed by atoms with Crippen LogP contribution in [0.15, 0.2) is 54.7 Å². The highest BCUT2D eigenvalue weighted by atomic mass is 32.2. The van der Waals surface area contributed by atoms with Gasteiger partial charge in [-0.15, -0.1) is 0 Å². The largest absolute Gasteiger partial charge is 0.326 e. The summed E-state index contributed by atoms with van der Waals surface area (Å²) in [5.41, 5.74) is 2.58. The summed E-state index contributed by atoms with van der Waals surface area (Å²) in [5, 5.41) is 8.23. The van der Waals surface area contributed by atoms with Gasteiger partial charge in [0.2, 0.25) is 5.91 Å². The van der Waals surface area contributed by atoms with Gasteiger partial charge >= 0.3 is 0 Å². The van der Waals surface area contributed by atoms with Crippen LogP contribution >= 0.6 is 0 Å². The molecule has 7 heteroatoms. The average Bonchev–Trinajstić information content (AvgIpc) is 2.98. The summed E-state index contributed by atoms with van der Waals surface area (Å²) in [4.78, 5) is 11.9. The second kappa shape index (κ2) is 7.06. The van der Waals surface area contributed by atoms with Gasteiger partial charge in [-0.05, 0) is 36.8 Å². The molecular weight excluding hydrogens is 338 g/mol. The molecule has 0 saturated heterocycles. The summed E-state index contributed by atoms with van der Waals surface area (Å²) in [6.07, 6.45) is 3.48. The molecule has 1 aromatic heterocycles. The second-order valence-electron chi connectivity index (χ2n) is 5.94. The fraction of sp³-hybridized carbons (Fsp3) is 0.222. The van der Waals surface area contributed by atoms with Crippen molar-refractivity contribution in [2.75, 3.05) is 17.3 Å². The van der Waals surface area contributed by atoms with E-state index in [0.29, 0.717) is 12.1 Å². The van der Waals surface area contributed by atoms with Gasteiger partial charge in [0.15, 0.2) is 0 Å². The van der Waals surface area contributed by atoms with Crippen molar-refractivity contribution in [1.29, 1.82) is 0 Å². The van der Waals surface area contributed by atoms with Gasteiger partial charge in [-0.3, -0.25) is 4.79 Å². The molecule has 0 atom stereocenters. The van der Waals surface area contributed by atoms with Crippen LogP contribution in [-0.4, -0.2) is 36.1 Å². The van der Waals surface area contributed by atoms with Gasteiger partial charge in [0, 0.05) is 23.8 Å². The number of para-hydroxylation sites is 1. The summed E-state index contributed by atoms with van der Waals surface area (Å²) in [5.74, 6) is -0.174. The number of hydrogen-bond donors (Lipinski definition) is 1. The lowest BCUT2D eigenvalue weighted by Gasteiger charge is -2.07. The van der Waals surface area contributed by atoms with Crippen molar-refractivity contribution in [3.63, 3.8) is 0 Å². The SMILES string of the molecule is CS(=O)(=O)CCCC(=O)Nc1ccc(-n2ncc3ccccc32)cc1. The molecule has 3 aromatic rings. The third kappa shape index (κ3) is 4.45. The Labute approximate surface area is 146 Å². The molecule has 1 N–H and O–H groups in total. The van der Waals surface area contributed by atoms with E-state index in [1.165, 1.54) is 6.26 Å². The van der Waals surface area contributed by atoms with Crippen LogP contribution in [0.4, 0.5) is 5.69 Å². The maximum Gasteiger partial charge on any atom is 0.224 e. The Morgan fingerprint density at radius 3 is 2.56 bits per heavy atom. The predicted octanol–water partition coefficient (Wildman–Crippen LogP) is 2.79. The van der Waals surface area contributed by atoms with Gasteiger partial charge in [-0.25, -0.2) is 13.1 Å². The van der Waals surface area contributed by atoms with E-state index in [9.17, 15) is 13.2 Å². The lowest BCUT2D eigenvalue weighted by molar-refractivity contribution is -0.116. The van der Waals surface area contributed by atoms with E-state index >= 15 is 0 Å². The zero-order chi connectivity index (χ0) is 17.9. The number of amides is 1. The quantitative estimate of drug-likeness (QED) is 0.735. The van der Waals surface area contributed by atoms with Crippen LogP contribution in [0.2, 0.25) is 0 Å². The number of sulfone groups is 1. The number of aromatic nitrogens is 2. The number of carbonyl (C=O) groups excluding carboxylic acids is 1.